The molecule has 0 aromatic carbocycles. The van der Waals surface area contributed by atoms with E-state index in [9.17, 15) is 19.2 Å². The molecule has 2 N–H and O–H groups in total. The molecule has 0 aromatic heterocycles. The summed E-state index contributed by atoms with van der Waals surface area (Å²) < 4.78 is 15.2. The molecule has 0 aliphatic carbocycles. The number of carbonyl (C=O) groups is 4. The lowest BCUT2D eigenvalue weighted by Crippen LogP contribution is -2.52. The van der Waals surface area contributed by atoms with E-state index in [2.05, 4.69) is 78.3 Å². The highest BCUT2D eigenvalue weighted by molar-refractivity contribution is 5.85. The molecule has 0 saturated carbocycles. The number of amides is 2. The molecule has 246 valence electrons. The van der Waals surface area contributed by atoms with E-state index in [4.69, 9.17) is 14.2 Å². The largest absolute Gasteiger partial charge is 0.467 e. The lowest BCUT2D eigenvalue weighted by Gasteiger charge is -2.26. The lowest BCUT2D eigenvalue weighted by atomic mass is 10.1. The average molecular weight is 615 g/mol. The van der Waals surface area contributed by atoms with E-state index < -0.39 is 41.8 Å². The fourth-order valence-corrected chi connectivity index (χ4v) is 3.51. The summed E-state index contributed by atoms with van der Waals surface area (Å²) in [5, 5.41) is 4.95. The minimum atomic E-state index is -1.28. The fraction of sp³-hybridized carbons (Fsp3) is 0.543. The Balaban J connectivity index is 4.29. The summed E-state index contributed by atoms with van der Waals surface area (Å²) in [6.07, 6.45) is 29.9. The monoisotopic (exact) mass is 614 g/mol. The maximum atomic E-state index is 12.5. The van der Waals surface area contributed by atoms with Gasteiger partial charge in [-0.3, -0.25) is 4.79 Å². The topological polar surface area (TPSA) is 120 Å². The molecular weight excluding hydrogens is 560 g/mol. The molecule has 0 rings (SSSR count). The van der Waals surface area contributed by atoms with Gasteiger partial charge in [0.2, 0.25) is 5.91 Å². The van der Waals surface area contributed by atoms with Gasteiger partial charge in [-0.15, -0.1) is 0 Å². The van der Waals surface area contributed by atoms with Crippen molar-refractivity contribution in [3.63, 3.8) is 0 Å². The molecule has 0 aromatic rings. The average Bonchev–Trinajstić information content (AvgIpc) is 2.95. The van der Waals surface area contributed by atoms with Crippen molar-refractivity contribution >= 4 is 23.9 Å². The summed E-state index contributed by atoms with van der Waals surface area (Å²) in [6, 6.07) is -2.23. The van der Waals surface area contributed by atoms with Gasteiger partial charge in [-0.25, -0.2) is 14.4 Å². The SMILES string of the molecule is CC/C=C\C/C=C\C/C=C\C/C=C\C/C=C\C/C=C\CCC(=O)N[C@@H](C)C(=O)O[C@H](C)[C@H](NC(=O)OC(C)(C)C)C(=O)OC. The maximum Gasteiger partial charge on any atom is 0.408 e. The van der Waals surface area contributed by atoms with Gasteiger partial charge in [0, 0.05) is 6.42 Å². The van der Waals surface area contributed by atoms with Crippen LogP contribution in [0.2, 0.25) is 0 Å². The van der Waals surface area contributed by atoms with Crippen LogP contribution in [0.4, 0.5) is 4.79 Å². The Hall–Kier alpha value is -3.88. The molecule has 44 heavy (non-hydrogen) atoms. The number of hydrogen-bond acceptors (Lipinski definition) is 7. The summed E-state index contributed by atoms with van der Waals surface area (Å²) >= 11 is 0. The van der Waals surface area contributed by atoms with Crippen molar-refractivity contribution in [3.8, 4) is 0 Å². The first-order valence-electron chi connectivity index (χ1n) is 15.4. The van der Waals surface area contributed by atoms with Crippen molar-refractivity contribution < 1.29 is 33.4 Å². The fourth-order valence-electron chi connectivity index (χ4n) is 3.51. The van der Waals surface area contributed by atoms with Crippen molar-refractivity contribution in [2.24, 2.45) is 0 Å². The normalized spacial score (nSPS) is 14.5. The van der Waals surface area contributed by atoms with Crippen LogP contribution in [-0.2, 0) is 28.6 Å². The third-order valence-corrected chi connectivity index (χ3v) is 5.76. The zero-order chi connectivity index (χ0) is 33.2. The number of ether oxygens (including phenoxy) is 3. The van der Waals surface area contributed by atoms with E-state index in [1.54, 1.807) is 20.8 Å². The Kier molecular flexibility index (Phi) is 22.4. The summed E-state index contributed by atoms with van der Waals surface area (Å²) in [7, 11) is 1.15. The molecule has 3 atom stereocenters. The molecule has 0 fully saturated rings. The van der Waals surface area contributed by atoms with Gasteiger partial charge in [-0.1, -0.05) is 79.8 Å². The first kappa shape index (κ1) is 40.1. The number of carbonyl (C=O) groups excluding carboxylic acids is 4. The molecule has 0 bridgehead atoms. The van der Waals surface area contributed by atoms with Crippen LogP contribution >= 0.6 is 0 Å². The van der Waals surface area contributed by atoms with Gasteiger partial charge in [-0.2, -0.15) is 0 Å². The Labute approximate surface area is 264 Å². The van der Waals surface area contributed by atoms with E-state index >= 15 is 0 Å². The van der Waals surface area contributed by atoms with Gasteiger partial charge in [0.25, 0.3) is 0 Å². The van der Waals surface area contributed by atoms with Crippen LogP contribution in [0.1, 0.15) is 92.9 Å². The van der Waals surface area contributed by atoms with Gasteiger partial charge in [-0.05, 0) is 79.6 Å². The van der Waals surface area contributed by atoms with Crippen molar-refractivity contribution in [1.29, 1.82) is 0 Å². The number of nitrogens with one attached hydrogen (secondary N) is 2. The van der Waals surface area contributed by atoms with Crippen LogP contribution in [0, 0.1) is 0 Å². The molecule has 0 saturated heterocycles. The minimum Gasteiger partial charge on any atom is -0.467 e. The van der Waals surface area contributed by atoms with Gasteiger partial charge in [0.1, 0.15) is 17.7 Å². The Bertz CT molecular complexity index is 1030. The summed E-state index contributed by atoms with van der Waals surface area (Å²) in [5.41, 5.74) is -0.783. The van der Waals surface area contributed by atoms with Gasteiger partial charge in [0.05, 0.1) is 7.11 Å². The van der Waals surface area contributed by atoms with Crippen LogP contribution < -0.4 is 10.6 Å². The molecule has 2 amide bonds. The molecular formula is C35H54N2O7. The molecule has 0 aliphatic rings. The third-order valence-electron chi connectivity index (χ3n) is 5.76. The molecule has 9 nitrogen and oxygen atoms in total. The smallest absolute Gasteiger partial charge is 0.408 e. The zero-order valence-electron chi connectivity index (χ0n) is 27.7. The summed E-state index contributed by atoms with van der Waals surface area (Å²) in [4.78, 5) is 49.0. The second kappa shape index (κ2) is 24.6. The van der Waals surface area contributed by atoms with Crippen LogP contribution in [0.25, 0.3) is 0 Å². The Morgan fingerprint density at radius 2 is 1.14 bits per heavy atom. The van der Waals surface area contributed by atoms with Gasteiger partial charge in [0.15, 0.2) is 6.04 Å². The number of esters is 2. The molecule has 0 spiro atoms. The number of methoxy groups -OCH3 is 1. The van der Waals surface area contributed by atoms with E-state index in [0.717, 1.165) is 45.6 Å². The van der Waals surface area contributed by atoms with Crippen LogP contribution in [0.3, 0.4) is 0 Å². The third kappa shape index (κ3) is 22.7. The van der Waals surface area contributed by atoms with Crippen LogP contribution in [-0.4, -0.2) is 54.8 Å². The molecule has 0 radical (unpaired) electrons. The van der Waals surface area contributed by atoms with Gasteiger partial charge >= 0.3 is 18.0 Å². The zero-order valence-corrected chi connectivity index (χ0v) is 27.7. The quantitative estimate of drug-likeness (QED) is 0.0863. The second-order valence-electron chi connectivity index (χ2n) is 11.0. The molecule has 0 aliphatic heterocycles. The van der Waals surface area contributed by atoms with Crippen molar-refractivity contribution in [2.75, 3.05) is 7.11 Å². The van der Waals surface area contributed by atoms with E-state index in [1.807, 2.05) is 12.2 Å². The predicted molar refractivity (Wildman–Crippen MR) is 176 cm³/mol. The number of hydrogen-bond donors (Lipinski definition) is 2. The first-order chi connectivity index (χ1) is 20.9. The number of alkyl carbamates (subject to hydrolysis) is 1. The molecule has 0 heterocycles. The highest BCUT2D eigenvalue weighted by atomic mass is 16.6. The van der Waals surface area contributed by atoms with Crippen LogP contribution in [0.5, 0.6) is 0 Å². The molecule has 0 unspecified atom stereocenters. The van der Waals surface area contributed by atoms with Crippen molar-refractivity contribution in [3.05, 3.63) is 72.9 Å². The van der Waals surface area contributed by atoms with Crippen LogP contribution in [0.15, 0.2) is 72.9 Å². The van der Waals surface area contributed by atoms with E-state index in [0.29, 0.717) is 6.42 Å². The number of rotatable bonds is 20. The highest BCUT2D eigenvalue weighted by Crippen LogP contribution is 2.09. The predicted octanol–water partition coefficient (Wildman–Crippen LogP) is 6.97. The highest BCUT2D eigenvalue weighted by Gasteiger charge is 2.33. The summed E-state index contributed by atoms with van der Waals surface area (Å²) in [6.45, 7) is 10.1. The Morgan fingerprint density at radius 3 is 1.57 bits per heavy atom. The molecule has 9 heteroatoms. The van der Waals surface area contributed by atoms with Crippen molar-refractivity contribution in [2.45, 2.75) is 117 Å². The van der Waals surface area contributed by atoms with Gasteiger partial charge < -0.3 is 24.8 Å². The van der Waals surface area contributed by atoms with E-state index in [-0.39, 0.29) is 12.3 Å². The van der Waals surface area contributed by atoms with E-state index in [1.165, 1.54) is 13.8 Å². The first-order valence-corrected chi connectivity index (χ1v) is 15.4. The second-order valence-corrected chi connectivity index (χ2v) is 11.0. The minimum absolute atomic E-state index is 0.209. The standard InChI is InChI=1S/C35H54N2O7/c1-8-9-10-11-12-13-14-15-16-17-18-19-20-21-22-23-24-25-26-27-30(38)36-28(2)32(39)43-29(3)31(33(40)42-7)37-34(41)44-35(4,5)6/h9-10,12-13,15-16,18-19,21-22,24-25,28-29,31H,8,11,14,17,20,23,26-27H2,1-7H3,(H,36,38)(H,37,41)/b10-9-,13-12-,16-15-,19-18-,22-21-,25-24-/t28-,29+,31-/m0/s1. The van der Waals surface area contributed by atoms with Crippen molar-refractivity contribution in [1.82, 2.24) is 10.6 Å². The maximum absolute atomic E-state index is 12.5. The lowest BCUT2D eigenvalue weighted by molar-refractivity contribution is -0.158. The Morgan fingerprint density at radius 1 is 0.682 bits per heavy atom. The number of allylic oxidation sites excluding steroid dienone is 12. The summed E-state index contributed by atoms with van der Waals surface area (Å²) in [5.74, 6) is -1.86.